The van der Waals surface area contributed by atoms with Gasteiger partial charge in [0.05, 0.1) is 11.8 Å². The topological polar surface area (TPSA) is 85.2 Å². The fourth-order valence-electron chi connectivity index (χ4n) is 2.03. The summed E-state index contributed by atoms with van der Waals surface area (Å²) in [6, 6.07) is 6.85. The van der Waals surface area contributed by atoms with Gasteiger partial charge in [0.25, 0.3) is 11.8 Å². The van der Waals surface area contributed by atoms with E-state index in [0.717, 1.165) is 6.42 Å². The second-order valence-corrected chi connectivity index (χ2v) is 6.46. The van der Waals surface area contributed by atoms with Crippen molar-refractivity contribution < 1.29 is 14.3 Å². The smallest absolute Gasteiger partial charge is 0.258 e. The number of aromatic nitrogens is 2. The maximum Gasteiger partial charge on any atom is 0.258 e. The lowest BCUT2D eigenvalue weighted by Crippen LogP contribution is -2.44. The molecule has 2 aromatic rings. The van der Waals surface area contributed by atoms with E-state index >= 15 is 0 Å². The van der Waals surface area contributed by atoms with Gasteiger partial charge in [0.1, 0.15) is 5.75 Å². The highest BCUT2D eigenvalue weighted by molar-refractivity contribution is 6.03. The van der Waals surface area contributed by atoms with Crippen molar-refractivity contribution in [3.8, 4) is 5.75 Å². The van der Waals surface area contributed by atoms with Crippen LogP contribution in [0.25, 0.3) is 0 Å². The minimum atomic E-state index is -0.249. The van der Waals surface area contributed by atoms with Crippen LogP contribution in [-0.2, 0) is 11.8 Å². The van der Waals surface area contributed by atoms with Gasteiger partial charge in [0.15, 0.2) is 6.61 Å². The molecular formula is C18H24N4O3. The summed E-state index contributed by atoms with van der Waals surface area (Å²) >= 11 is 0. The number of carbonyl (C=O) groups is 2. The van der Waals surface area contributed by atoms with Gasteiger partial charge in [-0.15, -0.1) is 0 Å². The summed E-state index contributed by atoms with van der Waals surface area (Å²) in [5, 5.41) is 9.64. The van der Waals surface area contributed by atoms with Crippen molar-refractivity contribution >= 4 is 17.5 Å². The number of hydrogen-bond acceptors (Lipinski definition) is 4. The molecule has 1 heterocycles. The molecule has 2 amide bonds. The van der Waals surface area contributed by atoms with Gasteiger partial charge in [0, 0.05) is 24.5 Å². The van der Waals surface area contributed by atoms with Crippen LogP contribution in [0.2, 0.25) is 0 Å². The van der Waals surface area contributed by atoms with Crippen LogP contribution in [0.5, 0.6) is 5.75 Å². The first-order valence-electron chi connectivity index (χ1n) is 8.13. The number of nitrogens with one attached hydrogen (secondary N) is 2. The minimum Gasteiger partial charge on any atom is -0.484 e. The number of anilines is 1. The van der Waals surface area contributed by atoms with Gasteiger partial charge >= 0.3 is 0 Å². The third kappa shape index (κ3) is 5.63. The minimum absolute atomic E-state index is 0.0508. The van der Waals surface area contributed by atoms with Crippen molar-refractivity contribution in [2.24, 2.45) is 7.05 Å². The molecule has 134 valence electrons. The molecule has 2 rings (SSSR count). The molecule has 0 saturated heterocycles. The van der Waals surface area contributed by atoms with Crippen molar-refractivity contribution in [2.45, 2.75) is 32.7 Å². The lowest BCUT2D eigenvalue weighted by molar-refractivity contribution is -0.124. The number of nitrogens with zero attached hydrogens (tertiary/aromatic N) is 2. The molecule has 0 bridgehead atoms. The Bertz CT molecular complexity index is 735. The summed E-state index contributed by atoms with van der Waals surface area (Å²) in [4.78, 5) is 23.9. The first-order chi connectivity index (χ1) is 11.8. The Morgan fingerprint density at radius 3 is 2.48 bits per heavy atom. The van der Waals surface area contributed by atoms with Crippen LogP contribution in [0.15, 0.2) is 36.7 Å². The molecule has 0 saturated carbocycles. The normalized spacial score (nSPS) is 11.0. The third-order valence-electron chi connectivity index (χ3n) is 3.81. The zero-order valence-corrected chi connectivity index (χ0v) is 15.0. The number of amides is 2. The first-order valence-corrected chi connectivity index (χ1v) is 8.13. The van der Waals surface area contributed by atoms with Crippen molar-refractivity contribution in [1.82, 2.24) is 15.1 Å². The SMILES string of the molecule is CCC(C)(C)NC(=O)COc1ccc(NC(=O)c2cnn(C)c2)cc1. The second kappa shape index (κ2) is 7.83. The van der Waals surface area contributed by atoms with E-state index in [4.69, 9.17) is 4.74 Å². The van der Waals surface area contributed by atoms with E-state index in [-0.39, 0.29) is 24.0 Å². The number of ether oxygens (including phenoxy) is 1. The Kier molecular flexibility index (Phi) is 5.80. The van der Waals surface area contributed by atoms with Crippen molar-refractivity contribution in [3.05, 3.63) is 42.2 Å². The van der Waals surface area contributed by atoms with E-state index < -0.39 is 0 Å². The summed E-state index contributed by atoms with van der Waals surface area (Å²) in [5.41, 5.74) is 0.872. The van der Waals surface area contributed by atoms with Crippen molar-refractivity contribution in [2.75, 3.05) is 11.9 Å². The van der Waals surface area contributed by atoms with Gasteiger partial charge in [0.2, 0.25) is 0 Å². The van der Waals surface area contributed by atoms with Gasteiger partial charge < -0.3 is 15.4 Å². The maximum absolute atomic E-state index is 12.0. The molecule has 7 nitrogen and oxygen atoms in total. The highest BCUT2D eigenvalue weighted by Crippen LogP contribution is 2.16. The van der Waals surface area contributed by atoms with Crippen LogP contribution in [0.4, 0.5) is 5.69 Å². The van der Waals surface area contributed by atoms with E-state index in [1.54, 1.807) is 42.2 Å². The Balaban J connectivity index is 1.85. The zero-order valence-electron chi connectivity index (χ0n) is 15.0. The zero-order chi connectivity index (χ0) is 18.4. The van der Waals surface area contributed by atoms with E-state index in [0.29, 0.717) is 17.0 Å². The Morgan fingerprint density at radius 1 is 1.24 bits per heavy atom. The third-order valence-corrected chi connectivity index (χ3v) is 3.81. The predicted molar refractivity (Wildman–Crippen MR) is 95.6 cm³/mol. The predicted octanol–water partition coefficient (Wildman–Crippen LogP) is 2.36. The van der Waals surface area contributed by atoms with Gasteiger partial charge in [-0.3, -0.25) is 14.3 Å². The summed E-state index contributed by atoms with van der Waals surface area (Å²) < 4.78 is 7.03. The van der Waals surface area contributed by atoms with E-state index in [2.05, 4.69) is 15.7 Å². The highest BCUT2D eigenvalue weighted by Gasteiger charge is 2.17. The van der Waals surface area contributed by atoms with Gasteiger partial charge in [-0.1, -0.05) is 6.92 Å². The van der Waals surface area contributed by atoms with E-state index in [1.165, 1.54) is 6.20 Å². The number of carbonyl (C=O) groups excluding carboxylic acids is 2. The van der Waals surface area contributed by atoms with Crippen LogP contribution in [0, 0.1) is 0 Å². The quantitative estimate of drug-likeness (QED) is 0.807. The molecule has 1 aromatic carbocycles. The molecule has 7 heteroatoms. The Labute approximate surface area is 147 Å². The number of aryl methyl sites for hydroxylation is 1. The molecule has 2 N–H and O–H groups in total. The van der Waals surface area contributed by atoms with Gasteiger partial charge in [-0.05, 0) is 44.5 Å². The second-order valence-electron chi connectivity index (χ2n) is 6.46. The van der Waals surface area contributed by atoms with Gasteiger partial charge in [-0.2, -0.15) is 5.10 Å². The fraction of sp³-hybridized carbons (Fsp3) is 0.389. The molecule has 0 spiro atoms. The lowest BCUT2D eigenvalue weighted by Gasteiger charge is -2.24. The molecule has 0 unspecified atom stereocenters. The van der Waals surface area contributed by atoms with Crippen molar-refractivity contribution in [1.29, 1.82) is 0 Å². The number of hydrogen-bond donors (Lipinski definition) is 2. The van der Waals surface area contributed by atoms with E-state index in [1.807, 2.05) is 20.8 Å². The lowest BCUT2D eigenvalue weighted by atomic mass is 10.0. The van der Waals surface area contributed by atoms with Crippen LogP contribution in [0.1, 0.15) is 37.6 Å². The van der Waals surface area contributed by atoms with Crippen LogP contribution in [-0.4, -0.2) is 33.7 Å². The summed E-state index contributed by atoms with van der Waals surface area (Å²) in [6.07, 6.45) is 3.98. The van der Waals surface area contributed by atoms with Gasteiger partial charge in [-0.25, -0.2) is 0 Å². The molecular weight excluding hydrogens is 320 g/mol. The average molecular weight is 344 g/mol. The Morgan fingerprint density at radius 2 is 1.92 bits per heavy atom. The highest BCUT2D eigenvalue weighted by atomic mass is 16.5. The largest absolute Gasteiger partial charge is 0.484 e. The summed E-state index contributed by atoms with van der Waals surface area (Å²) in [5.74, 6) is 0.160. The summed E-state index contributed by atoms with van der Waals surface area (Å²) in [7, 11) is 1.75. The monoisotopic (exact) mass is 344 g/mol. The first kappa shape index (κ1) is 18.5. The Hall–Kier alpha value is -2.83. The molecule has 0 aliphatic heterocycles. The standard InChI is InChI=1S/C18H24N4O3/c1-5-18(2,3)21-16(23)12-25-15-8-6-14(7-9-15)20-17(24)13-10-19-22(4)11-13/h6-11H,5,12H2,1-4H3,(H,20,24)(H,21,23). The number of benzene rings is 1. The van der Waals surface area contributed by atoms with Crippen LogP contribution >= 0.6 is 0 Å². The van der Waals surface area contributed by atoms with Crippen LogP contribution < -0.4 is 15.4 Å². The average Bonchev–Trinajstić information content (AvgIpc) is 3.00. The number of rotatable bonds is 7. The van der Waals surface area contributed by atoms with Crippen molar-refractivity contribution in [3.63, 3.8) is 0 Å². The van der Waals surface area contributed by atoms with E-state index in [9.17, 15) is 9.59 Å². The fourth-order valence-corrected chi connectivity index (χ4v) is 2.03. The molecule has 25 heavy (non-hydrogen) atoms. The molecule has 0 fully saturated rings. The molecule has 1 aromatic heterocycles. The molecule has 0 aliphatic carbocycles. The van der Waals surface area contributed by atoms with Crippen LogP contribution in [0.3, 0.4) is 0 Å². The molecule has 0 aliphatic rings. The molecule has 0 atom stereocenters. The summed E-state index contributed by atoms with van der Waals surface area (Å²) in [6.45, 7) is 5.89. The maximum atomic E-state index is 12.0. The molecule has 0 radical (unpaired) electrons.